The van der Waals surface area contributed by atoms with Gasteiger partial charge in [0.05, 0.1) is 0 Å². The first-order valence-corrected chi connectivity index (χ1v) is 34.7. The van der Waals surface area contributed by atoms with Crippen molar-refractivity contribution in [1.82, 2.24) is 0 Å². The molecule has 0 aliphatic carbocycles. The van der Waals surface area contributed by atoms with E-state index in [0.29, 0.717) is 19.3 Å². The van der Waals surface area contributed by atoms with Crippen LogP contribution >= 0.6 is 0 Å². The van der Waals surface area contributed by atoms with Gasteiger partial charge < -0.3 is 14.2 Å². The minimum atomic E-state index is -0.796. The van der Waals surface area contributed by atoms with Gasteiger partial charge in [0.2, 0.25) is 0 Å². The van der Waals surface area contributed by atoms with E-state index in [-0.39, 0.29) is 31.1 Å². The van der Waals surface area contributed by atoms with Crippen molar-refractivity contribution >= 4 is 17.9 Å². The molecule has 0 aromatic rings. The third-order valence-corrected chi connectivity index (χ3v) is 14.6. The quantitative estimate of drug-likeness (QED) is 0.0261. The molecule has 472 valence electrons. The highest BCUT2D eigenvalue weighted by Crippen LogP contribution is 2.16. The van der Waals surface area contributed by atoms with Crippen molar-refractivity contribution in [2.45, 2.75) is 322 Å². The molecular formula is C77H128O6. The van der Waals surface area contributed by atoms with Gasteiger partial charge in [0.25, 0.3) is 0 Å². The average Bonchev–Trinajstić information content (AvgIpc) is 3.49. The van der Waals surface area contributed by atoms with Gasteiger partial charge >= 0.3 is 17.9 Å². The van der Waals surface area contributed by atoms with Crippen LogP contribution in [0.2, 0.25) is 0 Å². The number of carbonyl (C=O) groups is 3. The second-order valence-electron chi connectivity index (χ2n) is 22.7. The predicted octanol–water partition coefficient (Wildman–Crippen LogP) is 24.1. The van der Waals surface area contributed by atoms with Crippen LogP contribution in [0.25, 0.3) is 0 Å². The van der Waals surface area contributed by atoms with Gasteiger partial charge in [-0.25, -0.2) is 0 Å². The van der Waals surface area contributed by atoms with Gasteiger partial charge in [-0.05, 0) is 122 Å². The van der Waals surface area contributed by atoms with Crippen molar-refractivity contribution < 1.29 is 28.6 Å². The molecule has 83 heavy (non-hydrogen) atoms. The Kier molecular flexibility index (Phi) is 66.3. The lowest BCUT2D eigenvalue weighted by Crippen LogP contribution is -2.30. The van der Waals surface area contributed by atoms with E-state index in [1.54, 1.807) is 0 Å². The summed E-state index contributed by atoms with van der Waals surface area (Å²) in [6.45, 7) is 6.50. The highest BCUT2D eigenvalue weighted by atomic mass is 16.6. The number of unbranched alkanes of at least 4 members (excludes halogenated alkanes) is 29. The first-order valence-electron chi connectivity index (χ1n) is 34.7. The molecule has 6 nitrogen and oxygen atoms in total. The Morgan fingerprint density at radius 3 is 0.759 bits per heavy atom. The molecule has 0 saturated heterocycles. The molecule has 0 rings (SSSR count). The zero-order chi connectivity index (χ0) is 59.9. The van der Waals surface area contributed by atoms with Gasteiger partial charge in [-0.1, -0.05) is 309 Å². The zero-order valence-corrected chi connectivity index (χ0v) is 54.2. The number of allylic oxidation sites excluding steroid dienone is 22. The van der Waals surface area contributed by atoms with Crippen LogP contribution in [-0.2, 0) is 28.6 Å². The Morgan fingerprint density at radius 2 is 0.470 bits per heavy atom. The number of hydrogen-bond donors (Lipinski definition) is 0. The molecule has 0 saturated carbocycles. The first-order chi connectivity index (χ1) is 41.0. The van der Waals surface area contributed by atoms with Crippen molar-refractivity contribution in [3.8, 4) is 0 Å². The van der Waals surface area contributed by atoms with E-state index in [4.69, 9.17) is 14.2 Å². The summed E-state index contributed by atoms with van der Waals surface area (Å²) in [7, 11) is 0. The minimum Gasteiger partial charge on any atom is -0.462 e. The van der Waals surface area contributed by atoms with Crippen LogP contribution in [-0.4, -0.2) is 37.2 Å². The normalized spacial score (nSPS) is 13.0. The second-order valence-corrected chi connectivity index (χ2v) is 22.7. The summed E-state index contributed by atoms with van der Waals surface area (Å²) in [6.07, 6.45) is 98.9. The van der Waals surface area contributed by atoms with E-state index >= 15 is 0 Å². The molecule has 0 fully saturated rings. The molecule has 1 atom stereocenters. The molecule has 0 aliphatic heterocycles. The topological polar surface area (TPSA) is 78.9 Å². The Bertz CT molecular complexity index is 1750. The first kappa shape index (κ1) is 78.5. The minimum absolute atomic E-state index is 0.0917. The maximum absolute atomic E-state index is 12.9. The molecule has 0 amide bonds. The molecule has 6 heteroatoms. The Morgan fingerprint density at radius 1 is 0.253 bits per heavy atom. The van der Waals surface area contributed by atoms with Gasteiger partial charge in [0.15, 0.2) is 6.10 Å². The molecule has 1 unspecified atom stereocenters. The predicted molar refractivity (Wildman–Crippen MR) is 362 cm³/mol. The molecular weight excluding hydrogens is 1020 g/mol. The van der Waals surface area contributed by atoms with Crippen molar-refractivity contribution in [2.24, 2.45) is 0 Å². The molecule has 0 bridgehead atoms. The highest BCUT2D eigenvalue weighted by molar-refractivity contribution is 5.71. The number of esters is 3. The average molecular weight is 1150 g/mol. The SMILES string of the molecule is CC/C=C\C/C=C\C/C=C\C/C=C\C/C=C\C/C=C\C/C=C\C/C=C\C/C=C\CCCCCCCC(=O)OCC(COC(=O)CCCCCCC/C=C\C/C=C\CCCCC)OC(=O)CCCCCCCCCCCCCCCCCCC. The fourth-order valence-corrected chi connectivity index (χ4v) is 9.47. The maximum Gasteiger partial charge on any atom is 0.306 e. The number of rotatable bonds is 62. The van der Waals surface area contributed by atoms with Crippen LogP contribution in [0.5, 0.6) is 0 Å². The van der Waals surface area contributed by atoms with Crippen molar-refractivity contribution in [3.05, 3.63) is 134 Å². The smallest absolute Gasteiger partial charge is 0.306 e. The van der Waals surface area contributed by atoms with Crippen molar-refractivity contribution in [3.63, 3.8) is 0 Å². The third-order valence-electron chi connectivity index (χ3n) is 14.6. The highest BCUT2D eigenvalue weighted by Gasteiger charge is 2.19. The summed E-state index contributed by atoms with van der Waals surface area (Å²) in [5.41, 5.74) is 0. The van der Waals surface area contributed by atoms with Gasteiger partial charge in [-0.15, -0.1) is 0 Å². The van der Waals surface area contributed by atoms with Crippen LogP contribution in [0, 0.1) is 0 Å². The Labute approximate surface area is 513 Å². The number of hydrogen-bond acceptors (Lipinski definition) is 6. The lowest BCUT2D eigenvalue weighted by molar-refractivity contribution is -0.167. The molecule has 0 heterocycles. The monoisotopic (exact) mass is 1150 g/mol. The molecule has 0 radical (unpaired) electrons. The van der Waals surface area contributed by atoms with Crippen LogP contribution in [0.4, 0.5) is 0 Å². The summed E-state index contributed by atoms with van der Waals surface area (Å²) in [4.78, 5) is 38.4. The summed E-state index contributed by atoms with van der Waals surface area (Å²) in [5, 5.41) is 0. The molecule has 0 spiro atoms. The van der Waals surface area contributed by atoms with E-state index in [1.165, 1.54) is 116 Å². The van der Waals surface area contributed by atoms with Crippen molar-refractivity contribution in [1.29, 1.82) is 0 Å². The molecule has 0 aromatic heterocycles. The fourth-order valence-electron chi connectivity index (χ4n) is 9.47. The standard InChI is InChI=1S/C77H128O6/c1-4-7-10-13-16-19-22-25-28-30-31-32-33-34-35-36-37-38-39-40-41-42-43-44-45-47-49-52-55-58-61-64-67-70-76(79)82-73-74(72-81-75(78)69-66-63-60-57-54-51-48-27-24-21-18-15-12-9-6-3)83-77(80)71-68-65-62-59-56-53-50-46-29-26-23-20-17-14-11-8-5-2/h7,10,16,18-19,21,25,27-28,31-32,34-35,37-38,40-41,43-44,47-49,74H,4-6,8-9,11-15,17,20,22-24,26,29-30,33,36,39,42,45-46,50-73H2,1-3H3/b10-7-,19-16-,21-18-,28-25-,32-31-,35-34-,38-37-,41-40-,44-43-,48-27-,49-47-. The van der Waals surface area contributed by atoms with E-state index in [9.17, 15) is 14.4 Å². The summed E-state index contributed by atoms with van der Waals surface area (Å²) >= 11 is 0. The van der Waals surface area contributed by atoms with E-state index in [2.05, 4.69) is 154 Å². The Hall–Kier alpha value is -4.45. The number of ether oxygens (including phenoxy) is 3. The molecule has 0 aromatic carbocycles. The fraction of sp³-hybridized carbons (Fsp3) is 0.675. The van der Waals surface area contributed by atoms with Gasteiger partial charge in [-0.3, -0.25) is 14.4 Å². The molecule has 0 aliphatic rings. The largest absolute Gasteiger partial charge is 0.462 e. The van der Waals surface area contributed by atoms with Gasteiger partial charge in [0, 0.05) is 19.3 Å². The lowest BCUT2D eigenvalue weighted by atomic mass is 10.0. The summed E-state index contributed by atoms with van der Waals surface area (Å²) in [6, 6.07) is 0. The van der Waals surface area contributed by atoms with E-state index < -0.39 is 6.10 Å². The van der Waals surface area contributed by atoms with Gasteiger partial charge in [-0.2, -0.15) is 0 Å². The van der Waals surface area contributed by atoms with Crippen LogP contribution < -0.4 is 0 Å². The van der Waals surface area contributed by atoms with Crippen LogP contribution in [0.1, 0.15) is 316 Å². The zero-order valence-electron chi connectivity index (χ0n) is 54.2. The lowest BCUT2D eigenvalue weighted by Gasteiger charge is -2.18. The third kappa shape index (κ3) is 68.2. The summed E-state index contributed by atoms with van der Waals surface area (Å²) < 4.78 is 16.9. The number of carbonyl (C=O) groups excluding carboxylic acids is 3. The van der Waals surface area contributed by atoms with Gasteiger partial charge in [0.1, 0.15) is 13.2 Å². The second kappa shape index (κ2) is 70.0. The van der Waals surface area contributed by atoms with E-state index in [0.717, 1.165) is 161 Å². The van der Waals surface area contributed by atoms with Crippen LogP contribution in [0.3, 0.4) is 0 Å². The van der Waals surface area contributed by atoms with Crippen molar-refractivity contribution in [2.75, 3.05) is 13.2 Å². The van der Waals surface area contributed by atoms with E-state index in [1.807, 2.05) is 0 Å². The molecule has 0 N–H and O–H groups in total. The summed E-state index contributed by atoms with van der Waals surface area (Å²) in [5.74, 6) is -0.914. The maximum atomic E-state index is 12.9. The van der Waals surface area contributed by atoms with Crippen LogP contribution in [0.15, 0.2) is 134 Å². The Balaban J connectivity index is 4.36.